The van der Waals surface area contributed by atoms with Crippen LogP contribution in [0.5, 0.6) is 0 Å². The van der Waals surface area contributed by atoms with E-state index in [-0.39, 0.29) is 6.61 Å². The molecule has 0 amide bonds. The molecule has 5 rings (SSSR count). The van der Waals surface area contributed by atoms with Crippen LogP contribution in [-0.2, 0) is 36.9 Å². The van der Waals surface area contributed by atoms with Gasteiger partial charge in [0.25, 0.3) is 0 Å². The smallest absolute Gasteiger partial charge is 0.184 e. The second kappa shape index (κ2) is 10.6. The number of rotatable bonds is 7. The van der Waals surface area contributed by atoms with E-state index in [9.17, 15) is 5.11 Å². The number of aliphatic hydroxyl groups excluding tert-OH is 1. The highest BCUT2D eigenvalue weighted by Crippen LogP contribution is 2.36. The van der Waals surface area contributed by atoms with E-state index in [1.165, 1.54) is 0 Å². The van der Waals surface area contributed by atoms with Gasteiger partial charge in [0.2, 0.25) is 0 Å². The van der Waals surface area contributed by atoms with E-state index in [1.807, 2.05) is 91.0 Å². The lowest BCUT2D eigenvalue weighted by Crippen LogP contribution is -2.63. The summed E-state index contributed by atoms with van der Waals surface area (Å²) < 4.78 is 30.6. The Labute approximate surface area is 193 Å². The molecular weight excluding hydrogens is 420 g/mol. The summed E-state index contributed by atoms with van der Waals surface area (Å²) in [6.07, 6.45) is -3.88. The van der Waals surface area contributed by atoms with Crippen molar-refractivity contribution in [2.75, 3.05) is 6.61 Å². The summed E-state index contributed by atoms with van der Waals surface area (Å²) in [5.74, 6) is 0. The van der Waals surface area contributed by atoms with E-state index in [0.29, 0.717) is 13.2 Å². The maximum absolute atomic E-state index is 10.8. The molecule has 3 aromatic carbocycles. The monoisotopic (exact) mass is 448 g/mol. The molecule has 0 spiro atoms. The minimum absolute atomic E-state index is 0.290. The summed E-state index contributed by atoms with van der Waals surface area (Å²) >= 11 is 0. The molecule has 0 bridgehead atoms. The molecule has 1 N–H and O–H groups in total. The molecule has 6 atom stereocenters. The van der Waals surface area contributed by atoms with Crippen molar-refractivity contribution in [1.82, 2.24) is 0 Å². The van der Waals surface area contributed by atoms with E-state index in [4.69, 9.17) is 23.7 Å². The molecule has 2 aliphatic heterocycles. The number of hydrogen-bond acceptors (Lipinski definition) is 6. The second-order valence-corrected chi connectivity index (χ2v) is 8.26. The van der Waals surface area contributed by atoms with Crippen LogP contribution in [0.1, 0.15) is 23.0 Å². The summed E-state index contributed by atoms with van der Waals surface area (Å²) in [7, 11) is 0. The zero-order valence-electron chi connectivity index (χ0n) is 18.2. The lowest BCUT2D eigenvalue weighted by Gasteiger charge is -2.47. The first-order valence-corrected chi connectivity index (χ1v) is 11.2. The minimum atomic E-state index is -1.16. The molecule has 2 fully saturated rings. The van der Waals surface area contributed by atoms with Crippen LogP contribution in [0.2, 0.25) is 0 Å². The van der Waals surface area contributed by atoms with Gasteiger partial charge in [0, 0.05) is 5.56 Å². The van der Waals surface area contributed by atoms with Crippen molar-refractivity contribution in [2.45, 2.75) is 50.2 Å². The normalized spacial score (nSPS) is 29.4. The first-order valence-electron chi connectivity index (χ1n) is 11.2. The third-order valence-corrected chi connectivity index (χ3v) is 5.94. The van der Waals surface area contributed by atoms with Crippen LogP contribution < -0.4 is 0 Å². The Morgan fingerprint density at radius 3 is 1.85 bits per heavy atom. The Hall–Kier alpha value is -2.58. The third kappa shape index (κ3) is 5.33. The van der Waals surface area contributed by atoms with Crippen LogP contribution in [0.25, 0.3) is 0 Å². The molecule has 0 radical (unpaired) electrons. The Morgan fingerprint density at radius 1 is 0.697 bits per heavy atom. The van der Waals surface area contributed by atoms with Crippen molar-refractivity contribution in [2.24, 2.45) is 0 Å². The fraction of sp³-hybridized carbons (Fsp3) is 0.333. The molecular formula is C27H28O6. The number of fused-ring (bicyclic) bond motifs is 1. The predicted octanol–water partition coefficient (Wildman–Crippen LogP) is 3.99. The Morgan fingerprint density at radius 2 is 1.24 bits per heavy atom. The topological polar surface area (TPSA) is 66.4 Å². The molecule has 0 saturated carbocycles. The lowest BCUT2D eigenvalue weighted by molar-refractivity contribution is -0.366. The lowest BCUT2D eigenvalue weighted by atomic mass is 9.97. The summed E-state index contributed by atoms with van der Waals surface area (Å²) in [6.45, 7) is 0.984. The number of aliphatic hydroxyl groups is 1. The van der Waals surface area contributed by atoms with Gasteiger partial charge in [0.15, 0.2) is 12.6 Å². The molecule has 4 unspecified atom stereocenters. The minimum Gasteiger partial charge on any atom is -0.368 e. The van der Waals surface area contributed by atoms with Gasteiger partial charge >= 0.3 is 0 Å². The SMILES string of the molecule is OC1OC2COC(c3ccccc3)O[C@@H]2[C@H](OCc2ccccc2)C1OCc1ccccc1. The largest absolute Gasteiger partial charge is 0.368 e. The van der Waals surface area contributed by atoms with E-state index in [2.05, 4.69) is 0 Å². The van der Waals surface area contributed by atoms with E-state index in [0.717, 1.165) is 16.7 Å². The predicted molar refractivity (Wildman–Crippen MR) is 121 cm³/mol. The van der Waals surface area contributed by atoms with Gasteiger partial charge in [-0.25, -0.2) is 0 Å². The second-order valence-electron chi connectivity index (χ2n) is 8.26. The molecule has 3 aromatic rings. The molecule has 6 heteroatoms. The Kier molecular flexibility index (Phi) is 7.12. The molecule has 2 saturated heterocycles. The van der Waals surface area contributed by atoms with Crippen LogP contribution >= 0.6 is 0 Å². The van der Waals surface area contributed by atoms with Gasteiger partial charge in [0.05, 0.1) is 19.8 Å². The van der Waals surface area contributed by atoms with Gasteiger partial charge in [-0.05, 0) is 11.1 Å². The molecule has 2 heterocycles. The third-order valence-electron chi connectivity index (χ3n) is 5.94. The average molecular weight is 449 g/mol. The van der Waals surface area contributed by atoms with Gasteiger partial charge in [-0.15, -0.1) is 0 Å². The van der Waals surface area contributed by atoms with Crippen LogP contribution in [-0.4, -0.2) is 42.4 Å². The number of benzene rings is 3. The fourth-order valence-electron chi connectivity index (χ4n) is 4.24. The Bertz CT molecular complexity index is 983. The summed E-state index contributed by atoms with van der Waals surface area (Å²) in [4.78, 5) is 0. The van der Waals surface area contributed by atoms with Crippen molar-refractivity contribution < 1.29 is 28.8 Å². The standard InChI is InChI=1S/C27H28O6/c28-26-25(30-17-20-12-6-2-7-13-20)24(29-16-19-10-4-1-5-11-19)23-22(32-26)18-31-27(33-23)21-14-8-3-9-15-21/h1-15,22-28H,16-18H2/t22?,23-,24-,25?,26?,27?/m0/s1. The van der Waals surface area contributed by atoms with Gasteiger partial charge < -0.3 is 28.8 Å². The van der Waals surface area contributed by atoms with E-state index >= 15 is 0 Å². The van der Waals surface area contributed by atoms with Gasteiger partial charge in [-0.3, -0.25) is 0 Å². The van der Waals surface area contributed by atoms with Crippen molar-refractivity contribution >= 4 is 0 Å². The molecule has 0 aliphatic carbocycles. The molecule has 0 aromatic heterocycles. The number of ether oxygens (including phenoxy) is 5. The molecule has 2 aliphatic rings. The zero-order chi connectivity index (χ0) is 22.5. The van der Waals surface area contributed by atoms with Crippen LogP contribution in [0.4, 0.5) is 0 Å². The van der Waals surface area contributed by atoms with Crippen LogP contribution in [0.3, 0.4) is 0 Å². The highest BCUT2D eigenvalue weighted by Gasteiger charge is 2.51. The zero-order valence-corrected chi connectivity index (χ0v) is 18.2. The van der Waals surface area contributed by atoms with Crippen molar-refractivity contribution in [3.8, 4) is 0 Å². The number of hydrogen-bond donors (Lipinski definition) is 1. The van der Waals surface area contributed by atoms with Crippen LogP contribution in [0.15, 0.2) is 91.0 Å². The van der Waals surface area contributed by atoms with Crippen molar-refractivity contribution in [3.63, 3.8) is 0 Å². The van der Waals surface area contributed by atoms with Crippen LogP contribution in [0, 0.1) is 0 Å². The van der Waals surface area contributed by atoms with Gasteiger partial charge in [-0.1, -0.05) is 91.0 Å². The highest BCUT2D eigenvalue weighted by molar-refractivity contribution is 5.17. The first-order chi connectivity index (χ1) is 16.3. The maximum Gasteiger partial charge on any atom is 0.184 e. The first kappa shape index (κ1) is 22.2. The fourth-order valence-corrected chi connectivity index (χ4v) is 4.24. The van der Waals surface area contributed by atoms with Crippen molar-refractivity contribution in [1.29, 1.82) is 0 Å². The maximum atomic E-state index is 10.8. The molecule has 6 nitrogen and oxygen atoms in total. The summed E-state index contributed by atoms with van der Waals surface area (Å²) in [5, 5.41) is 10.8. The van der Waals surface area contributed by atoms with Gasteiger partial charge in [0.1, 0.15) is 24.4 Å². The molecule has 33 heavy (non-hydrogen) atoms. The van der Waals surface area contributed by atoms with E-state index in [1.54, 1.807) is 0 Å². The van der Waals surface area contributed by atoms with Crippen molar-refractivity contribution in [3.05, 3.63) is 108 Å². The quantitative estimate of drug-likeness (QED) is 0.590. The highest BCUT2D eigenvalue weighted by atomic mass is 16.7. The average Bonchev–Trinajstić information content (AvgIpc) is 2.88. The summed E-state index contributed by atoms with van der Waals surface area (Å²) in [6, 6.07) is 29.5. The van der Waals surface area contributed by atoms with Gasteiger partial charge in [-0.2, -0.15) is 0 Å². The van der Waals surface area contributed by atoms with E-state index < -0.39 is 37.0 Å². The summed E-state index contributed by atoms with van der Waals surface area (Å²) in [5.41, 5.74) is 2.96. The Balaban J connectivity index is 1.36. The molecule has 172 valence electrons.